The number of rotatable bonds is 6. The molecule has 0 aromatic heterocycles. The standard InChI is InChI=1S/C12H17NO2/c1-13(2)8-10-15-12-6-4-3-5-11(12)7-9-14/h3-6,9H,7-8,10H2,1-2H3. The quantitative estimate of drug-likeness (QED) is 0.660. The molecule has 3 heteroatoms. The summed E-state index contributed by atoms with van der Waals surface area (Å²) in [6, 6.07) is 7.64. The van der Waals surface area contributed by atoms with E-state index in [-0.39, 0.29) is 0 Å². The van der Waals surface area contributed by atoms with Gasteiger partial charge in [0, 0.05) is 18.5 Å². The SMILES string of the molecule is CN(C)CCOc1ccccc1CC=O. The lowest BCUT2D eigenvalue weighted by Gasteiger charge is -2.12. The number of nitrogens with zero attached hydrogens (tertiary/aromatic N) is 1. The van der Waals surface area contributed by atoms with Crippen LogP contribution in [0, 0.1) is 0 Å². The van der Waals surface area contributed by atoms with E-state index in [1.54, 1.807) is 0 Å². The van der Waals surface area contributed by atoms with Crippen molar-refractivity contribution in [2.45, 2.75) is 6.42 Å². The number of aldehydes is 1. The molecule has 0 aliphatic heterocycles. The minimum absolute atomic E-state index is 0.415. The Balaban J connectivity index is 2.55. The molecule has 15 heavy (non-hydrogen) atoms. The van der Waals surface area contributed by atoms with Crippen LogP contribution in [0.25, 0.3) is 0 Å². The summed E-state index contributed by atoms with van der Waals surface area (Å²) in [5.74, 6) is 0.812. The second-order valence-corrected chi connectivity index (χ2v) is 3.63. The zero-order valence-corrected chi connectivity index (χ0v) is 9.27. The Morgan fingerprint density at radius 2 is 2.07 bits per heavy atom. The van der Waals surface area contributed by atoms with Gasteiger partial charge in [0.25, 0.3) is 0 Å². The topological polar surface area (TPSA) is 29.5 Å². The van der Waals surface area contributed by atoms with Crippen molar-refractivity contribution in [3.05, 3.63) is 29.8 Å². The van der Waals surface area contributed by atoms with E-state index in [2.05, 4.69) is 4.90 Å². The summed E-state index contributed by atoms with van der Waals surface area (Å²) in [6.07, 6.45) is 1.31. The van der Waals surface area contributed by atoms with E-state index in [4.69, 9.17) is 4.74 Å². The Kier molecular flexibility index (Phi) is 4.84. The number of ether oxygens (including phenoxy) is 1. The van der Waals surface area contributed by atoms with Gasteiger partial charge in [-0.15, -0.1) is 0 Å². The fourth-order valence-corrected chi connectivity index (χ4v) is 1.24. The molecule has 82 valence electrons. The van der Waals surface area contributed by atoms with Crippen LogP contribution in [-0.2, 0) is 11.2 Å². The van der Waals surface area contributed by atoms with Gasteiger partial charge in [-0.3, -0.25) is 0 Å². The van der Waals surface area contributed by atoms with Crippen molar-refractivity contribution in [1.29, 1.82) is 0 Å². The number of benzene rings is 1. The number of carbonyl (C=O) groups is 1. The first-order valence-corrected chi connectivity index (χ1v) is 5.03. The molecule has 0 spiro atoms. The van der Waals surface area contributed by atoms with Gasteiger partial charge in [0.05, 0.1) is 0 Å². The van der Waals surface area contributed by atoms with E-state index >= 15 is 0 Å². The minimum atomic E-state index is 0.415. The second-order valence-electron chi connectivity index (χ2n) is 3.63. The molecule has 0 saturated heterocycles. The monoisotopic (exact) mass is 207 g/mol. The molecule has 0 fully saturated rings. The molecule has 0 aliphatic rings. The Labute approximate surface area is 90.7 Å². The third-order valence-electron chi connectivity index (χ3n) is 2.07. The summed E-state index contributed by atoms with van der Waals surface area (Å²) in [5, 5.41) is 0. The first-order valence-electron chi connectivity index (χ1n) is 5.03. The van der Waals surface area contributed by atoms with Crippen LogP contribution in [0.5, 0.6) is 5.75 Å². The van der Waals surface area contributed by atoms with Crippen molar-refractivity contribution < 1.29 is 9.53 Å². The highest BCUT2D eigenvalue weighted by molar-refractivity contribution is 5.57. The highest BCUT2D eigenvalue weighted by Crippen LogP contribution is 2.17. The van der Waals surface area contributed by atoms with Crippen LogP contribution in [0.1, 0.15) is 5.56 Å². The van der Waals surface area contributed by atoms with Crippen LogP contribution in [0.15, 0.2) is 24.3 Å². The van der Waals surface area contributed by atoms with Crippen LogP contribution < -0.4 is 4.74 Å². The van der Waals surface area contributed by atoms with E-state index < -0.39 is 0 Å². The second kappa shape index (κ2) is 6.19. The Morgan fingerprint density at radius 3 is 2.73 bits per heavy atom. The Morgan fingerprint density at radius 1 is 1.33 bits per heavy atom. The van der Waals surface area contributed by atoms with E-state index in [1.165, 1.54) is 0 Å². The van der Waals surface area contributed by atoms with Crippen molar-refractivity contribution in [3.8, 4) is 5.75 Å². The van der Waals surface area contributed by atoms with Crippen LogP contribution in [-0.4, -0.2) is 38.4 Å². The molecule has 0 heterocycles. The van der Waals surface area contributed by atoms with Crippen LogP contribution in [0.3, 0.4) is 0 Å². The van der Waals surface area contributed by atoms with Gasteiger partial charge < -0.3 is 14.4 Å². The van der Waals surface area contributed by atoms with E-state index in [1.807, 2.05) is 38.4 Å². The minimum Gasteiger partial charge on any atom is -0.492 e. The molecule has 0 aliphatic carbocycles. The largest absolute Gasteiger partial charge is 0.492 e. The average molecular weight is 207 g/mol. The lowest BCUT2D eigenvalue weighted by Crippen LogP contribution is -2.19. The van der Waals surface area contributed by atoms with Crippen LogP contribution >= 0.6 is 0 Å². The number of likely N-dealkylation sites (N-methyl/N-ethyl adjacent to an activating group) is 1. The zero-order chi connectivity index (χ0) is 11.1. The number of hydrogen-bond acceptors (Lipinski definition) is 3. The molecule has 0 N–H and O–H groups in total. The number of para-hydroxylation sites is 1. The lowest BCUT2D eigenvalue weighted by atomic mass is 10.1. The Hall–Kier alpha value is -1.35. The van der Waals surface area contributed by atoms with Gasteiger partial charge in [0.15, 0.2) is 0 Å². The summed E-state index contributed by atoms with van der Waals surface area (Å²) < 4.78 is 5.60. The van der Waals surface area contributed by atoms with Gasteiger partial charge in [0.2, 0.25) is 0 Å². The molecule has 0 saturated carbocycles. The van der Waals surface area contributed by atoms with Crippen molar-refractivity contribution in [2.75, 3.05) is 27.2 Å². The van der Waals surface area contributed by atoms with Crippen molar-refractivity contribution in [2.24, 2.45) is 0 Å². The number of carbonyl (C=O) groups excluding carboxylic acids is 1. The van der Waals surface area contributed by atoms with Crippen molar-refractivity contribution in [3.63, 3.8) is 0 Å². The maximum Gasteiger partial charge on any atom is 0.124 e. The molecule has 1 aromatic carbocycles. The number of hydrogen-bond donors (Lipinski definition) is 0. The van der Waals surface area contributed by atoms with Gasteiger partial charge in [-0.25, -0.2) is 0 Å². The molecule has 0 radical (unpaired) electrons. The summed E-state index contributed by atoms with van der Waals surface area (Å²) in [7, 11) is 4.00. The molecule has 1 aromatic rings. The molecule has 1 rings (SSSR count). The lowest BCUT2D eigenvalue weighted by molar-refractivity contribution is -0.107. The smallest absolute Gasteiger partial charge is 0.124 e. The van der Waals surface area contributed by atoms with Gasteiger partial charge >= 0.3 is 0 Å². The Bertz CT molecular complexity index is 310. The maximum atomic E-state index is 10.4. The average Bonchev–Trinajstić information content (AvgIpc) is 2.20. The van der Waals surface area contributed by atoms with Gasteiger partial charge in [-0.2, -0.15) is 0 Å². The highest BCUT2D eigenvalue weighted by atomic mass is 16.5. The van der Waals surface area contributed by atoms with E-state index in [0.29, 0.717) is 13.0 Å². The summed E-state index contributed by atoms with van der Waals surface area (Å²) in [6.45, 7) is 1.51. The van der Waals surface area contributed by atoms with Crippen LogP contribution in [0.2, 0.25) is 0 Å². The first-order chi connectivity index (χ1) is 7.24. The summed E-state index contributed by atoms with van der Waals surface area (Å²) in [4.78, 5) is 12.5. The normalized spacial score (nSPS) is 10.3. The third kappa shape index (κ3) is 4.13. The summed E-state index contributed by atoms with van der Waals surface area (Å²) >= 11 is 0. The predicted molar refractivity (Wildman–Crippen MR) is 60.3 cm³/mol. The summed E-state index contributed by atoms with van der Waals surface area (Å²) in [5.41, 5.74) is 0.950. The van der Waals surface area contributed by atoms with Crippen molar-refractivity contribution >= 4 is 6.29 Å². The zero-order valence-electron chi connectivity index (χ0n) is 9.27. The third-order valence-corrected chi connectivity index (χ3v) is 2.07. The highest BCUT2D eigenvalue weighted by Gasteiger charge is 2.01. The van der Waals surface area contributed by atoms with E-state index in [9.17, 15) is 4.79 Å². The van der Waals surface area contributed by atoms with Gasteiger partial charge in [-0.1, -0.05) is 18.2 Å². The molecular weight excluding hydrogens is 190 g/mol. The van der Waals surface area contributed by atoms with E-state index in [0.717, 1.165) is 24.1 Å². The first kappa shape index (κ1) is 11.7. The van der Waals surface area contributed by atoms with Crippen molar-refractivity contribution in [1.82, 2.24) is 4.90 Å². The van der Waals surface area contributed by atoms with Crippen LogP contribution in [0.4, 0.5) is 0 Å². The fourth-order valence-electron chi connectivity index (χ4n) is 1.24. The molecule has 0 amide bonds. The molecule has 0 bridgehead atoms. The molecular formula is C12H17NO2. The molecule has 3 nitrogen and oxygen atoms in total. The maximum absolute atomic E-state index is 10.4. The molecule has 0 atom stereocenters. The fraction of sp³-hybridized carbons (Fsp3) is 0.417. The van der Waals surface area contributed by atoms with Gasteiger partial charge in [0.1, 0.15) is 18.6 Å². The predicted octanol–water partition coefficient (Wildman–Crippen LogP) is 1.37. The molecule has 0 unspecified atom stereocenters. The van der Waals surface area contributed by atoms with Gasteiger partial charge in [-0.05, 0) is 20.2 Å².